The Kier molecular flexibility index (Phi) is 5.17. The lowest BCUT2D eigenvalue weighted by Gasteiger charge is -2.28. The summed E-state index contributed by atoms with van der Waals surface area (Å²) in [7, 11) is 0. The van der Waals surface area contributed by atoms with Gasteiger partial charge < -0.3 is 4.74 Å². The summed E-state index contributed by atoms with van der Waals surface area (Å²) in [5.41, 5.74) is 3.24. The van der Waals surface area contributed by atoms with E-state index in [1.165, 1.54) is 5.56 Å². The second-order valence-corrected chi connectivity index (χ2v) is 6.27. The van der Waals surface area contributed by atoms with Crippen molar-refractivity contribution in [2.45, 2.75) is 46.1 Å². The quantitative estimate of drug-likeness (QED) is 0.828. The van der Waals surface area contributed by atoms with Crippen LogP contribution >= 0.6 is 0 Å². The zero-order valence-electron chi connectivity index (χ0n) is 13.1. The minimum atomic E-state index is -0.0607. The highest BCUT2D eigenvalue weighted by molar-refractivity contribution is 5.36. The number of hydrogen-bond donors (Lipinski definition) is 0. The predicted octanol–water partition coefficient (Wildman–Crippen LogP) is 3.90. The summed E-state index contributed by atoms with van der Waals surface area (Å²) < 4.78 is 19.6. The van der Waals surface area contributed by atoms with Crippen molar-refractivity contribution < 1.29 is 9.13 Å². The van der Waals surface area contributed by atoms with Crippen molar-refractivity contribution in [2.75, 3.05) is 26.3 Å². The highest BCUT2D eigenvalue weighted by Crippen LogP contribution is 2.28. The molecule has 1 aromatic carbocycles. The molecule has 0 radical (unpaired) electrons. The molecule has 2 rings (SSSR count). The van der Waals surface area contributed by atoms with Gasteiger partial charge in [-0.05, 0) is 34.6 Å². The van der Waals surface area contributed by atoms with Crippen molar-refractivity contribution in [2.24, 2.45) is 0 Å². The molecule has 20 heavy (non-hydrogen) atoms. The molecule has 0 saturated carbocycles. The Balaban J connectivity index is 2.29. The fourth-order valence-corrected chi connectivity index (χ4v) is 2.77. The SMILES string of the molecule is CC(C)c1cc(CN2CCOCC2)c(C(C)C)cc1F. The second kappa shape index (κ2) is 6.68. The standard InChI is InChI=1S/C17H26FNO/c1-12(2)15-10-17(18)16(13(3)4)9-14(15)11-19-5-7-20-8-6-19/h9-10,12-13H,5-8,11H2,1-4H3. The summed E-state index contributed by atoms with van der Waals surface area (Å²) in [5, 5.41) is 0. The monoisotopic (exact) mass is 279 g/mol. The van der Waals surface area contributed by atoms with E-state index in [0.29, 0.717) is 5.92 Å². The highest BCUT2D eigenvalue weighted by Gasteiger charge is 2.18. The molecule has 2 nitrogen and oxygen atoms in total. The average Bonchev–Trinajstić information content (AvgIpc) is 2.41. The molecule has 1 saturated heterocycles. The van der Waals surface area contributed by atoms with Gasteiger partial charge in [-0.25, -0.2) is 4.39 Å². The van der Waals surface area contributed by atoms with E-state index >= 15 is 0 Å². The van der Waals surface area contributed by atoms with Crippen LogP contribution in [0, 0.1) is 5.82 Å². The van der Waals surface area contributed by atoms with Gasteiger partial charge in [0, 0.05) is 19.6 Å². The van der Waals surface area contributed by atoms with Crippen LogP contribution in [0.1, 0.15) is 56.2 Å². The van der Waals surface area contributed by atoms with E-state index in [4.69, 9.17) is 4.74 Å². The van der Waals surface area contributed by atoms with Crippen LogP contribution < -0.4 is 0 Å². The van der Waals surface area contributed by atoms with Crippen molar-refractivity contribution in [3.63, 3.8) is 0 Å². The van der Waals surface area contributed by atoms with E-state index in [2.05, 4.69) is 24.8 Å². The van der Waals surface area contributed by atoms with Gasteiger partial charge in [0.05, 0.1) is 13.2 Å². The minimum absolute atomic E-state index is 0.0607. The van der Waals surface area contributed by atoms with Crippen LogP contribution in [0.5, 0.6) is 0 Å². The molecular formula is C17H26FNO. The highest BCUT2D eigenvalue weighted by atomic mass is 19.1. The number of morpholine rings is 1. The first-order valence-electron chi connectivity index (χ1n) is 7.61. The molecule has 1 aliphatic heterocycles. The lowest BCUT2D eigenvalue weighted by atomic mass is 9.91. The largest absolute Gasteiger partial charge is 0.379 e. The minimum Gasteiger partial charge on any atom is -0.379 e. The van der Waals surface area contributed by atoms with Crippen LogP contribution in [0.3, 0.4) is 0 Å². The maximum absolute atomic E-state index is 14.2. The fraction of sp³-hybridized carbons (Fsp3) is 0.647. The van der Waals surface area contributed by atoms with Crippen LogP contribution in [0.15, 0.2) is 12.1 Å². The number of ether oxygens (including phenoxy) is 1. The average molecular weight is 279 g/mol. The molecule has 0 spiro atoms. The van der Waals surface area contributed by atoms with Crippen LogP contribution in [0.25, 0.3) is 0 Å². The van der Waals surface area contributed by atoms with Gasteiger partial charge in [0.15, 0.2) is 0 Å². The molecule has 0 bridgehead atoms. The van der Waals surface area contributed by atoms with Crippen molar-refractivity contribution in [3.05, 3.63) is 34.6 Å². The molecule has 3 heteroatoms. The molecular weight excluding hydrogens is 253 g/mol. The fourth-order valence-electron chi connectivity index (χ4n) is 2.77. The zero-order chi connectivity index (χ0) is 14.7. The van der Waals surface area contributed by atoms with Crippen molar-refractivity contribution in [1.29, 1.82) is 0 Å². The zero-order valence-corrected chi connectivity index (χ0v) is 13.1. The molecule has 1 aliphatic rings. The molecule has 1 fully saturated rings. The van der Waals surface area contributed by atoms with Gasteiger partial charge >= 0.3 is 0 Å². The molecule has 0 unspecified atom stereocenters. The Labute approximate surface area is 121 Å². The number of halogens is 1. The summed E-state index contributed by atoms with van der Waals surface area (Å²) >= 11 is 0. The van der Waals surface area contributed by atoms with Gasteiger partial charge in [0.1, 0.15) is 5.82 Å². The van der Waals surface area contributed by atoms with Gasteiger partial charge in [-0.15, -0.1) is 0 Å². The van der Waals surface area contributed by atoms with Gasteiger partial charge in [-0.3, -0.25) is 4.90 Å². The number of hydrogen-bond acceptors (Lipinski definition) is 2. The van der Waals surface area contributed by atoms with E-state index in [1.54, 1.807) is 6.07 Å². The van der Waals surface area contributed by atoms with Gasteiger partial charge in [-0.1, -0.05) is 33.8 Å². The van der Waals surface area contributed by atoms with Crippen LogP contribution in [0.4, 0.5) is 4.39 Å². The molecule has 0 aromatic heterocycles. The third kappa shape index (κ3) is 3.58. The topological polar surface area (TPSA) is 12.5 Å². The molecule has 0 aliphatic carbocycles. The summed E-state index contributed by atoms with van der Waals surface area (Å²) in [5.74, 6) is 0.510. The first kappa shape index (κ1) is 15.5. The van der Waals surface area contributed by atoms with Crippen molar-refractivity contribution >= 4 is 0 Å². The predicted molar refractivity (Wildman–Crippen MR) is 80.7 cm³/mol. The van der Waals surface area contributed by atoms with Gasteiger partial charge in [-0.2, -0.15) is 0 Å². The third-order valence-corrected chi connectivity index (χ3v) is 4.00. The molecule has 0 atom stereocenters. The van der Waals surface area contributed by atoms with E-state index < -0.39 is 0 Å². The smallest absolute Gasteiger partial charge is 0.126 e. The molecule has 1 aromatic rings. The number of rotatable bonds is 4. The Bertz CT molecular complexity index is 451. The van der Waals surface area contributed by atoms with Crippen LogP contribution in [-0.4, -0.2) is 31.2 Å². The lowest BCUT2D eigenvalue weighted by molar-refractivity contribution is 0.0340. The van der Waals surface area contributed by atoms with E-state index in [9.17, 15) is 4.39 Å². The maximum Gasteiger partial charge on any atom is 0.126 e. The first-order valence-corrected chi connectivity index (χ1v) is 7.61. The summed E-state index contributed by atoms with van der Waals surface area (Å²) in [6.07, 6.45) is 0. The van der Waals surface area contributed by atoms with Crippen molar-refractivity contribution in [1.82, 2.24) is 4.90 Å². The summed E-state index contributed by atoms with van der Waals surface area (Å²) in [6.45, 7) is 12.8. The number of nitrogens with zero attached hydrogens (tertiary/aromatic N) is 1. The normalized spacial score (nSPS) is 17.1. The Morgan fingerprint density at radius 2 is 1.65 bits per heavy atom. The maximum atomic E-state index is 14.2. The van der Waals surface area contributed by atoms with E-state index in [-0.39, 0.29) is 11.7 Å². The Morgan fingerprint density at radius 1 is 1.05 bits per heavy atom. The van der Waals surface area contributed by atoms with Crippen molar-refractivity contribution in [3.8, 4) is 0 Å². The second-order valence-electron chi connectivity index (χ2n) is 6.27. The molecule has 0 N–H and O–H groups in total. The Hall–Kier alpha value is -0.930. The third-order valence-electron chi connectivity index (χ3n) is 4.00. The molecule has 112 valence electrons. The van der Waals surface area contributed by atoms with E-state index in [0.717, 1.165) is 44.0 Å². The van der Waals surface area contributed by atoms with Crippen LogP contribution in [-0.2, 0) is 11.3 Å². The number of benzene rings is 1. The lowest BCUT2D eigenvalue weighted by Crippen LogP contribution is -2.36. The van der Waals surface area contributed by atoms with Gasteiger partial charge in [0.25, 0.3) is 0 Å². The molecule has 0 amide bonds. The summed E-state index contributed by atoms with van der Waals surface area (Å²) in [4.78, 5) is 2.40. The molecule has 1 heterocycles. The van der Waals surface area contributed by atoms with E-state index in [1.807, 2.05) is 13.8 Å². The Morgan fingerprint density at radius 3 is 2.20 bits per heavy atom. The van der Waals surface area contributed by atoms with Crippen LogP contribution in [0.2, 0.25) is 0 Å². The summed E-state index contributed by atoms with van der Waals surface area (Å²) in [6, 6.07) is 3.82. The van der Waals surface area contributed by atoms with Gasteiger partial charge in [0.2, 0.25) is 0 Å². The first-order chi connectivity index (χ1) is 9.49.